The van der Waals surface area contributed by atoms with Crippen LogP contribution in [0.25, 0.3) is 0 Å². The van der Waals surface area contributed by atoms with E-state index in [4.69, 9.17) is 5.11 Å². The molecule has 0 bridgehead atoms. The highest BCUT2D eigenvalue weighted by molar-refractivity contribution is 5.87. The summed E-state index contributed by atoms with van der Waals surface area (Å²) in [4.78, 5) is 26.4. The number of carboxylic acids is 1. The molecular formula is C13H16N2O3. The molecule has 2 N–H and O–H groups in total. The summed E-state index contributed by atoms with van der Waals surface area (Å²) < 4.78 is 0. The molecule has 1 fully saturated rings. The Kier molecular flexibility index (Phi) is 3.92. The molecule has 0 spiro atoms. The van der Waals surface area contributed by atoms with E-state index in [9.17, 15) is 9.59 Å². The van der Waals surface area contributed by atoms with Gasteiger partial charge in [-0.25, -0.2) is 4.79 Å². The number of nitrogens with one attached hydrogen (secondary N) is 1. The third-order valence-corrected chi connectivity index (χ3v) is 3.23. The van der Waals surface area contributed by atoms with Crippen LogP contribution >= 0.6 is 0 Å². The predicted octanol–water partition coefficient (Wildman–Crippen LogP) is 1.59. The molecule has 0 atom stereocenters. The maximum Gasteiger partial charge on any atom is 0.335 e. The highest BCUT2D eigenvalue weighted by Gasteiger charge is 2.20. The van der Waals surface area contributed by atoms with E-state index >= 15 is 0 Å². The molecule has 2 rings (SSSR count). The van der Waals surface area contributed by atoms with E-state index < -0.39 is 5.97 Å². The lowest BCUT2D eigenvalue weighted by atomic mass is 9.83. The second-order valence-corrected chi connectivity index (χ2v) is 4.62. The SMILES string of the molecule is O=C(CC1CCC1)NCc1cc(C(=O)O)ccn1. The van der Waals surface area contributed by atoms with Gasteiger partial charge in [0.1, 0.15) is 0 Å². The van der Waals surface area contributed by atoms with Crippen molar-refractivity contribution in [3.63, 3.8) is 0 Å². The number of hydrogen-bond donors (Lipinski definition) is 2. The zero-order valence-corrected chi connectivity index (χ0v) is 10.1. The third-order valence-electron chi connectivity index (χ3n) is 3.23. The van der Waals surface area contributed by atoms with E-state index in [2.05, 4.69) is 10.3 Å². The topological polar surface area (TPSA) is 79.3 Å². The first-order valence-corrected chi connectivity index (χ1v) is 6.10. The molecule has 96 valence electrons. The number of pyridine rings is 1. The van der Waals surface area contributed by atoms with E-state index in [1.165, 1.54) is 24.8 Å². The summed E-state index contributed by atoms with van der Waals surface area (Å²) in [6.45, 7) is 0.284. The maximum absolute atomic E-state index is 11.6. The molecule has 5 nitrogen and oxygen atoms in total. The van der Waals surface area contributed by atoms with Gasteiger partial charge in [0.05, 0.1) is 17.8 Å². The molecule has 0 aromatic carbocycles. The Morgan fingerprint density at radius 3 is 2.83 bits per heavy atom. The molecule has 0 saturated heterocycles. The Bertz CT molecular complexity index is 455. The van der Waals surface area contributed by atoms with E-state index in [-0.39, 0.29) is 18.0 Å². The van der Waals surface area contributed by atoms with Crippen molar-refractivity contribution in [1.82, 2.24) is 10.3 Å². The largest absolute Gasteiger partial charge is 0.478 e. The van der Waals surface area contributed by atoms with Crippen LogP contribution in [0.2, 0.25) is 0 Å². The first-order valence-electron chi connectivity index (χ1n) is 6.10. The minimum Gasteiger partial charge on any atom is -0.478 e. The summed E-state index contributed by atoms with van der Waals surface area (Å²) in [5, 5.41) is 11.6. The third kappa shape index (κ3) is 3.29. The number of nitrogens with zero attached hydrogens (tertiary/aromatic N) is 1. The molecule has 0 radical (unpaired) electrons. The van der Waals surface area contributed by atoms with Gasteiger partial charge in [0, 0.05) is 12.6 Å². The average molecular weight is 248 g/mol. The van der Waals surface area contributed by atoms with Crippen LogP contribution in [0.1, 0.15) is 41.7 Å². The summed E-state index contributed by atoms with van der Waals surface area (Å²) in [7, 11) is 0. The van der Waals surface area contributed by atoms with Crippen molar-refractivity contribution < 1.29 is 14.7 Å². The number of amides is 1. The molecule has 1 aliphatic carbocycles. The fraction of sp³-hybridized carbons (Fsp3) is 0.462. The van der Waals surface area contributed by atoms with Crippen molar-refractivity contribution >= 4 is 11.9 Å². The Morgan fingerprint density at radius 1 is 1.44 bits per heavy atom. The van der Waals surface area contributed by atoms with Crippen molar-refractivity contribution in [3.8, 4) is 0 Å². The number of aromatic carboxylic acids is 1. The summed E-state index contributed by atoms with van der Waals surface area (Å²) in [5.41, 5.74) is 0.755. The van der Waals surface area contributed by atoms with E-state index in [0.717, 1.165) is 12.8 Å². The smallest absolute Gasteiger partial charge is 0.335 e. The Labute approximate surface area is 105 Å². The lowest BCUT2D eigenvalue weighted by Gasteiger charge is -2.24. The van der Waals surface area contributed by atoms with Crippen LogP contribution in [0.15, 0.2) is 18.3 Å². The van der Waals surface area contributed by atoms with Crippen LogP contribution in [0.5, 0.6) is 0 Å². The summed E-state index contributed by atoms with van der Waals surface area (Å²) in [6.07, 6.45) is 5.51. The molecule has 1 heterocycles. The van der Waals surface area contributed by atoms with Gasteiger partial charge >= 0.3 is 5.97 Å². The van der Waals surface area contributed by atoms with E-state index in [1.807, 2.05) is 0 Å². The van der Waals surface area contributed by atoms with Gasteiger partial charge in [-0.05, 0) is 30.9 Å². The van der Waals surface area contributed by atoms with Crippen LogP contribution in [0.4, 0.5) is 0 Å². The average Bonchev–Trinajstić information content (AvgIpc) is 2.31. The number of hydrogen-bond acceptors (Lipinski definition) is 3. The van der Waals surface area contributed by atoms with E-state index in [1.54, 1.807) is 0 Å². The Balaban J connectivity index is 1.83. The van der Waals surface area contributed by atoms with Gasteiger partial charge in [0.25, 0.3) is 0 Å². The lowest BCUT2D eigenvalue weighted by molar-refractivity contribution is -0.122. The summed E-state index contributed by atoms with van der Waals surface area (Å²) in [5.74, 6) is -0.440. The van der Waals surface area contributed by atoms with Gasteiger partial charge in [-0.15, -0.1) is 0 Å². The molecule has 5 heteroatoms. The number of aromatic nitrogens is 1. The van der Waals surface area contributed by atoms with Crippen molar-refractivity contribution in [2.45, 2.75) is 32.2 Å². The molecule has 1 amide bonds. The van der Waals surface area contributed by atoms with Crippen molar-refractivity contribution in [2.24, 2.45) is 5.92 Å². The minimum atomic E-state index is -0.987. The summed E-state index contributed by atoms with van der Waals surface area (Å²) in [6, 6.07) is 2.91. The monoisotopic (exact) mass is 248 g/mol. The number of carbonyl (C=O) groups is 2. The van der Waals surface area contributed by atoms with Crippen LogP contribution in [0.3, 0.4) is 0 Å². The van der Waals surface area contributed by atoms with Crippen LogP contribution in [0, 0.1) is 5.92 Å². The van der Waals surface area contributed by atoms with Crippen LogP contribution < -0.4 is 5.32 Å². The van der Waals surface area contributed by atoms with Crippen LogP contribution in [-0.4, -0.2) is 22.0 Å². The second-order valence-electron chi connectivity index (χ2n) is 4.62. The Hall–Kier alpha value is -1.91. The quantitative estimate of drug-likeness (QED) is 0.829. The first-order chi connectivity index (χ1) is 8.65. The predicted molar refractivity (Wildman–Crippen MR) is 65.0 cm³/mol. The van der Waals surface area contributed by atoms with Gasteiger partial charge in [-0.3, -0.25) is 9.78 Å². The molecular weight excluding hydrogens is 232 g/mol. The number of rotatable bonds is 5. The number of carbonyl (C=O) groups excluding carboxylic acids is 1. The molecule has 1 aromatic heterocycles. The van der Waals surface area contributed by atoms with Crippen LogP contribution in [-0.2, 0) is 11.3 Å². The lowest BCUT2D eigenvalue weighted by Crippen LogP contribution is -2.27. The van der Waals surface area contributed by atoms with Crippen molar-refractivity contribution in [2.75, 3.05) is 0 Å². The highest BCUT2D eigenvalue weighted by atomic mass is 16.4. The van der Waals surface area contributed by atoms with Gasteiger partial charge in [0.15, 0.2) is 0 Å². The maximum atomic E-state index is 11.6. The first kappa shape index (κ1) is 12.5. The Morgan fingerprint density at radius 2 is 2.22 bits per heavy atom. The molecule has 0 aliphatic heterocycles. The molecule has 0 unspecified atom stereocenters. The molecule has 18 heavy (non-hydrogen) atoms. The van der Waals surface area contributed by atoms with E-state index in [0.29, 0.717) is 18.0 Å². The normalized spacial score (nSPS) is 14.9. The van der Waals surface area contributed by atoms with Gasteiger partial charge in [-0.1, -0.05) is 6.42 Å². The minimum absolute atomic E-state index is 0.0160. The zero-order chi connectivity index (χ0) is 13.0. The van der Waals surface area contributed by atoms with Gasteiger partial charge < -0.3 is 10.4 Å². The summed E-state index contributed by atoms with van der Waals surface area (Å²) >= 11 is 0. The van der Waals surface area contributed by atoms with Crippen molar-refractivity contribution in [3.05, 3.63) is 29.6 Å². The molecule has 1 aromatic rings. The second kappa shape index (κ2) is 5.62. The standard InChI is InChI=1S/C13H16N2O3/c16-12(6-9-2-1-3-9)15-8-11-7-10(13(17)18)4-5-14-11/h4-5,7,9H,1-3,6,8H2,(H,15,16)(H,17,18). The van der Waals surface area contributed by atoms with Gasteiger partial charge in [-0.2, -0.15) is 0 Å². The molecule has 1 saturated carbocycles. The number of carboxylic acid groups (broad SMARTS) is 1. The zero-order valence-electron chi connectivity index (χ0n) is 10.1. The highest BCUT2D eigenvalue weighted by Crippen LogP contribution is 2.29. The fourth-order valence-electron chi connectivity index (χ4n) is 1.93. The fourth-order valence-corrected chi connectivity index (χ4v) is 1.93. The van der Waals surface area contributed by atoms with Crippen molar-refractivity contribution in [1.29, 1.82) is 0 Å². The van der Waals surface area contributed by atoms with Gasteiger partial charge in [0.2, 0.25) is 5.91 Å². The molecule has 1 aliphatic rings.